The molecule has 0 aliphatic heterocycles. The van der Waals surface area contributed by atoms with E-state index in [2.05, 4.69) is 6.92 Å². The van der Waals surface area contributed by atoms with Crippen LogP contribution < -0.4 is 0 Å². The molecule has 0 bridgehead atoms. The highest BCUT2D eigenvalue weighted by atomic mass is 32.2. The summed E-state index contributed by atoms with van der Waals surface area (Å²) in [6.07, 6.45) is 6.85. The molecule has 0 unspecified atom stereocenters. The lowest BCUT2D eigenvalue weighted by Crippen LogP contribution is -2.37. The Labute approximate surface area is 176 Å². The predicted molar refractivity (Wildman–Crippen MR) is 113 cm³/mol. The fourth-order valence-corrected chi connectivity index (χ4v) is 4.49. The van der Waals surface area contributed by atoms with E-state index in [4.69, 9.17) is 10.00 Å². The van der Waals surface area contributed by atoms with Gasteiger partial charge in [0, 0.05) is 0 Å². The number of carbonyl (C=O) groups is 1. The number of hydrogen-bond donors (Lipinski definition) is 0. The van der Waals surface area contributed by atoms with Crippen molar-refractivity contribution < 1.29 is 13.9 Å². The molecule has 2 aromatic rings. The highest BCUT2D eigenvalue weighted by Gasteiger charge is 2.41. The third-order valence-corrected chi connectivity index (χ3v) is 6.43. The van der Waals surface area contributed by atoms with Crippen molar-refractivity contribution in [2.75, 3.05) is 0 Å². The first-order chi connectivity index (χ1) is 14.1. The molecule has 1 fully saturated rings. The predicted octanol–water partition coefficient (Wildman–Crippen LogP) is 6.83. The summed E-state index contributed by atoms with van der Waals surface area (Å²) in [5, 5.41) is 10.7. The second kappa shape index (κ2) is 9.93. The smallest absolute Gasteiger partial charge is 0.339 e. The highest BCUT2D eigenvalue weighted by molar-refractivity contribution is 8.03. The summed E-state index contributed by atoms with van der Waals surface area (Å²) in [6.45, 7) is 2.19. The molecule has 0 aromatic heterocycles. The Morgan fingerprint density at radius 2 is 1.97 bits per heavy atom. The Kier molecular flexibility index (Phi) is 7.33. The summed E-state index contributed by atoms with van der Waals surface area (Å²) in [6, 6.07) is 13.8. The number of esters is 1. The third-order valence-electron chi connectivity index (χ3n) is 5.79. The molecule has 5 heteroatoms. The summed E-state index contributed by atoms with van der Waals surface area (Å²) >= 11 is 0.799. The summed E-state index contributed by atoms with van der Waals surface area (Å²) < 4.78 is 20.6. The Hall–Kier alpha value is -2.32. The first-order valence-electron chi connectivity index (χ1n) is 10.2. The summed E-state index contributed by atoms with van der Waals surface area (Å²) in [5.41, 5.74) is 0.347. The van der Waals surface area contributed by atoms with E-state index in [1.165, 1.54) is 25.3 Å². The number of thiocyanates is 1. The van der Waals surface area contributed by atoms with Crippen molar-refractivity contribution in [3.8, 4) is 5.40 Å². The number of carbonyl (C=O) groups excluding carboxylic acids is 1. The molecule has 152 valence electrons. The van der Waals surface area contributed by atoms with Gasteiger partial charge in [-0.05, 0) is 73.2 Å². The van der Waals surface area contributed by atoms with E-state index < -0.39 is 11.4 Å². The van der Waals surface area contributed by atoms with Crippen molar-refractivity contribution >= 4 is 17.7 Å². The molecule has 0 saturated heterocycles. The van der Waals surface area contributed by atoms with Crippen molar-refractivity contribution in [1.82, 2.24) is 0 Å². The van der Waals surface area contributed by atoms with Gasteiger partial charge in [0.25, 0.3) is 0 Å². The zero-order valence-corrected chi connectivity index (χ0v) is 17.5. The van der Waals surface area contributed by atoms with E-state index >= 15 is 0 Å². The highest BCUT2D eigenvalue weighted by Crippen LogP contribution is 2.45. The molecular weight excluding hydrogens is 385 g/mol. The number of benzene rings is 2. The Morgan fingerprint density at radius 1 is 1.24 bits per heavy atom. The fourth-order valence-electron chi connectivity index (χ4n) is 4.10. The van der Waals surface area contributed by atoms with Crippen molar-refractivity contribution in [3.05, 3.63) is 65.5 Å². The maximum atomic E-state index is 14.6. The number of nitrogens with zero attached hydrogens (tertiary/aromatic N) is 1. The van der Waals surface area contributed by atoms with E-state index in [0.29, 0.717) is 29.9 Å². The minimum atomic E-state index is -0.827. The number of unbranched alkanes of at least 4 members (excludes halogenated alkanes) is 1. The molecular formula is C24H26FNO2S. The molecule has 2 aromatic carbocycles. The van der Waals surface area contributed by atoms with E-state index in [9.17, 15) is 9.18 Å². The second-order valence-corrected chi connectivity index (χ2v) is 8.50. The molecule has 0 heterocycles. The summed E-state index contributed by atoms with van der Waals surface area (Å²) in [5.74, 6) is -0.206. The van der Waals surface area contributed by atoms with Crippen LogP contribution >= 0.6 is 11.8 Å². The average Bonchev–Trinajstić information content (AvgIpc) is 2.75. The molecule has 0 amide bonds. The van der Waals surface area contributed by atoms with Crippen LogP contribution in [0.2, 0.25) is 0 Å². The van der Waals surface area contributed by atoms with Gasteiger partial charge in [-0.25, -0.2) is 9.18 Å². The van der Waals surface area contributed by atoms with Gasteiger partial charge in [-0.15, -0.1) is 0 Å². The van der Waals surface area contributed by atoms with Gasteiger partial charge in [0.15, 0.2) is 0 Å². The second-order valence-electron chi connectivity index (χ2n) is 7.67. The maximum absolute atomic E-state index is 14.6. The fraction of sp³-hybridized carbons (Fsp3) is 0.417. The zero-order valence-electron chi connectivity index (χ0n) is 16.7. The van der Waals surface area contributed by atoms with Gasteiger partial charge in [-0.2, -0.15) is 5.26 Å². The van der Waals surface area contributed by atoms with Crippen LogP contribution in [-0.4, -0.2) is 5.97 Å². The number of ether oxygens (including phenoxy) is 1. The number of hydrogen-bond acceptors (Lipinski definition) is 4. The topological polar surface area (TPSA) is 50.1 Å². The SMILES string of the molecule is CCCCC1CCC(OC(=O)c2ccccc2)(c2ccc(SC#N)c(F)c2)CC1. The van der Waals surface area contributed by atoms with Crippen LogP contribution in [0.5, 0.6) is 0 Å². The van der Waals surface area contributed by atoms with Crippen LogP contribution in [0, 0.1) is 22.4 Å². The Morgan fingerprint density at radius 3 is 2.59 bits per heavy atom. The van der Waals surface area contributed by atoms with Crippen molar-refractivity contribution in [2.45, 2.75) is 62.4 Å². The maximum Gasteiger partial charge on any atom is 0.339 e. The van der Waals surface area contributed by atoms with Crippen molar-refractivity contribution in [3.63, 3.8) is 0 Å². The molecule has 0 radical (unpaired) electrons. The molecule has 1 aliphatic rings. The Balaban J connectivity index is 1.87. The molecule has 29 heavy (non-hydrogen) atoms. The molecule has 3 rings (SSSR count). The monoisotopic (exact) mass is 411 g/mol. The first kappa shape index (κ1) is 21.4. The lowest BCUT2D eigenvalue weighted by atomic mass is 9.73. The summed E-state index contributed by atoms with van der Waals surface area (Å²) in [4.78, 5) is 13.1. The number of rotatable bonds is 7. The van der Waals surface area contributed by atoms with Gasteiger partial charge >= 0.3 is 5.97 Å². The minimum Gasteiger partial charge on any atom is -0.451 e. The van der Waals surface area contributed by atoms with Crippen LogP contribution in [0.25, 0.3) is 0 Å². The van der Waals surface area contributed by atoms with Gasteiger partial charge in [0.05, 0.1) is 10.5 Å². The standard InChI is InChI=1S/C24H26FNO2S/c1-2-3-7-18-12-14-24(15-13-18,28-23(27)19-8-5-4-6-9-19)20-10-11-22(29-17-26)21(25)16-20/h4-6,8-11,16,18H,2-3,7,12-15H2,1H3. The Bertz CT molecular complexity index is 870. The molecule has 0 spiro atoms. The van der Waals surface area contributed by atoms with Gasteiger partial charge in [-0.1, -0.05) is 50.5 Å². The minimum absolute atomic E-state index is 0.289. The van der Waals surface area contributed by atoms with Crippen LogP contribution in [0.3, 0.4) is 0 Å². The molecule has 1 aliphatic carbocycles. The van der Waals surface area contributed by atoms with Gasteiger partial charge in [0.1, 0.15) is 16.8 Å². The quantitative estimate of drug-likeness (QED) is 0.285. The number of halogens is 1. The number of thioether (sulfide) groups is 1. The molecule has 0 atom stereocenters. The van der Waals surface area contributed by atoms with E-state index in [1.807, 2.05) is 11.5 Å². The lowest BCUT2D eigenvalue weighted by molar-refractivity contribution is -0.0500. The van der Waals surface area contributed by atoms with Crippen molar-refractivity contribution in [1.29, 1.82) is 5.26 Å². The average molecular weight is 412 g/mol. The largest absolute Gasteiger partial charge is 0.451 e. The molecule has 0 N–H and O–H groups in total. The van der Waals surface area contributed by atoms with Gasteiger partial charge in [-0.3, -0.25) is 0 Å². The van der Waals surface area contributed by atoms with Crippen LogP contribution in [-0.2, 0) is 10.3 Å². The van der Waals surface area contributed by atoms with E-state index in [-0.39, 0.29) is 10.9 Å². The molecule has 1 saturated carbocycles. The zero-order chi connectivity index (χ0) is 20.7. The van der Waals surface area contributed by atoms with Gasteiger partial charge in [0.2, 0.25) is 0 Å². The normalized spacial score (nSPS) is 21.3. The lowest BCUT2D eigenvalue weighted by Gasteiger charge is -2.40. The summed E-state index contributed by atoms with van der Waals surface area (Å²) in [7, 11) is 0. The molecule has 3 nitrogen and oxygen atoms in total. The first-order valence-corrected chi connectivity index (χ1v) is 11.0. The van der Waals surface area contributed by atoms with Crippen LogP contribution in [0.4, 0.5) is 4.39 Å². The van der Waals surface area contributed by atoms with Crippen molar-refractivity contribution in [2.24, 2.45) is 5.92 Å². The number of nitriles is 1. The van der Waals surface area contributed by atoms with E-state index in [1.54, 1.807) is 36.4 Å². The third kappa shape index (κ3) is 5.19. The van der Waals surface area contributed by atoms with Crippen LogP contribution in [0.15, 0.2) is 53.4 Å². The van der Waals surface area contributed by atoms with Gasteiger partial charge < -0.3 is 4.74 Å². The van der Waals surface area contributed by atoms with E-state index in [0.717, 1.165) is 24.6 Å². The van der Waals surface area contributed by atoms with Crippen LogP contribution in [0.1, 0.15) is 67.8 Å².